The van der Waals surface area contributed by atoms with Crippen LogP contribution in [0.25, 0.3) is 0 Å². The van der Waals surface area contributed by atoms with Gasteiger partial charge >= 0.3 is 0 Å². The SMILES string of the molecule is CC[C@@H](OCOC)c1ccccc1F. The van der Waals surface area contributed by atoms with Crippen LogP contribution < -0.4 is 0 Å². The molecule has 0 spiro atoms. The Balaban J connectivity index is 2.73. The maximum atomic E-state index is 13.3. The largest absolute Gasteiger partial charge is 0.359 e. The van der Waals surface area contributed by atoms with Gasteiger partial charge in [0, 0.05) is 12.7 Å². The molecule has 0 radical (unpaired) electrons. The van der Waals surface area contributed by atoms with E-state index in [2.05, 4.69) is 0 Å². The molecule has 1 atom stereocenters. The summed E-state index contributed by atoms with van der Waals surface area (Å²) in [6.45, 7) is 2.14. The maximum absolute atomic E-state index is 13.3. The van der Waals surface area contributed by atoms with Crippen molar-refractivity contribution in [2.45, 2.75) is 19.4 Å². The van der Waals surface area contributed by atoms with Crippen LogP contribution in [0.15, 0.2) is 24.3 Å². The van der Waals surface area contributed by atoms with Crippen LogP contribution in [0.2, 0.25) is 0 Å². The molecule has 0 N–H and O–H groups in total. The number of hydrogen-bond acceptors (Lipinski definition) is 2. The summed E-state index contributed by atoms with van der Waals surface area (Å²) in [6, 6.07) is 6.65. The van der Waals surface area contributed by atoms with Crippen molar-refractivity contribution in [3.63, 3.8) is 0 Å². The van der Waals surface area contributed by atoms with E-state index in [0.717, 1.165) is 6.42 Å². The van der Waals surface area contributed by atoms with E-state index in [1.807, 2.05) is 6.92 Å². The van der Waals surface area contributed by atoms with Crippen molar-refractivity contribution in [1.82, 2.24) is 0 Å². The standard InChI is InChI=1S/C11H15FO2/c1-3-11(14-8-13-2)9-6-4-5-7-10(9)12/h4-7,11H,3,8H2,1-2H3/t11-/m1/s1. The van der Waals surface area contributed by atoms with Gasteiger partial charge in [-0.05, 0) is 12.5 Å². The molecular weight excluding hydrogens is 183 g/mol. The summed E-state index contributed by atoms with van der Waals surface area (Å²) in [5.74, 6) is -0.226. The molecule has 0 aliphatic carbocycles. The summed E-state index contributed by atoms with van der Waals surface area (Å²) in [7, 11) is 1.55. The Morgan fingerprint density at radius 1 is 1.36 bits per heavy atom. The van der Waals surface area contributed by atoms with Crippen LogP contribution in [0.5, 0.6) is 0 Å². The normalized spacial score (nSPS) is 12.8. The van der Waals surface area contributed by atoms with Gasteiger partial charge in [-0.3, -0.25) is 0 Å². The first-order chi connectivity index (χ1) is 6.79. The second-order valence-electron chi connectivity index (χ2n) is 2.99. The van der Waals surface area contributed by atoms with Crippen LogP contribution in [0.4, 0.5) is 4.39 Å². The van der Waals surface area contributed by atoms with Crippen molar-refractivity contribution in [3.05, 3.63) is 35.6 Å². The molecule has 0 aromatic heterocycles. The van der Waals surface area contributed by atoms with Crippen LogP contribution in [0.3, 0.4) is 0 Å². The highest BCUT2D eigenvalue weighted by molar-refractivity contribution is 5.19. The van der Waals surface area contributed by atoms with Gasteiger partial charge in [0.1, 0.15) is 12.6 Å². The molecule has 14 heavy (non-hydrogen) atoms. The van der Waals surface area contributed by atoms with Gasteiger partial charge in [-0.1, -0.05) is 25.1 Å². The highest BCUT2D eigenvalue weighted by atomic mass is 19.1. The molecule has 1 aromatic rings. The molecule has 78 valence electrons. The third-order valence-electron chi connectivity index (χ3n) is 2.01. The first-order valence-corrected chi connectivity index (χ1v) is 4.64. The fourth-order valence-corrected chi connectivity index (χ4v) is 1.31. The van der Waals surface area contributed by atoms with Gasteiger partial charge in [0.25, 0.3) is 0 Å². The first kappa shape index (κ1) is 11.1. The molecule has 1 rings (SSSR count). The van der Waals surface area contributed by atoms with Gasteiger partial charge in [-0.25, -0.2) is 4.39 Å². The minimum Gasteiger partial charge on any atom is -0.359 e. The van der Waals surface area contributed by atoms with Gasteiger partial charge in [0.05, 0.1) is 6.10 Å². The van der Waals surface area contributed by atoms with Crippen molar-refractivity contribution in [1.29, 1.82) is 0 Å². The smallest absolute Gasteiger partial charge is 0.147 e. The summed E-state index contributed by atoms with van der Waals surface area (Å²) >= 11 is 0. The van der Waals surface area contributed by atoms with E-state index in [1.165, 1.54) is 6.07 Å². The number of ether oxygens (including phenoxy) is 2. The molecule has 1 aromatic carbocycles. The van der Waals surface area contributed by atoms with E-state index in [9.17, 15) is 4.39 Å². The highest BCUT2D eigenvalue weighted by Crippen LogP contribution is 2.23. The lowest BCUT2D eigenvalue weighted by Gasteiger charge is -2.16. The van der Waals surface area contributed by atoms with Gasteiger partial charge in [-0.2, -0.15) is 0 Å². The molecule has 0 saturated carbocycles. The topological polar surface area (TPSA) is 18.5 Å². The predicted octanol–water partition coefficient (Wildman–Crippen LogP) is 2.90. The summed E-state index contributed by atoms with van der Waals surface area (Å²) in [5.41, 5.74) is 0.590. The van der Waals surface area contributed by atoms with Crippen molar-refractivity contribution < 1.29 is 13.9 Å². The monoisotopic (exact) mass is 198 g/mol. The lowest BCUT2D eigenvalue weighted by molar-refractivity contribution is -0.0753. The lowest BCUT2D eigenvalue weighted by atomic mass is 10.1. The van der Waals surface area contributed by atoms with Crippen LogP contribution in [-0.4, -0.2) is 13.9 Å². The average Bonchev–Trinajstić information content (AvgIpc) is 2.21. The van der Waals surface area contributed by atoms with Crippen molar-refractivity contribution in [2.24, 2.45) is 0 Å². The number of methoxy groups -OCH3 is 1. The van der Waals surface area contributed by atoms with E-state index in [4.69, 9.17) is 9.47 Å². The molecular formula is C11H15FO2. The minimum absolute atomic E-state index is 0.187. The fourth-order valence-electron chi connectivity index (χ4n) is 1.31. The second kappa shape index (κ2) is 5.73. The summed E-state index contributed by atoms with van der Waals surface area (Å²) in [6.07, 6.45) is 0.501. The van der Waals surface area contributed by atoms with E-state index in [-0.39, 0.29) is 18.7 Å². The van der Waals surface area contributed by atoms with Crippen molar-refractivity contribution in [3.8, 4) is 0 Å². The number of halogens is 1. The minimum atomic E-state index is -0.226. The van der Waals surface area contributed by atoms with E-state index in [0.29, 0.717) is 5.56 Å². The molecule has 0 aliphatic rings. The number of hydrogen-bond donors (Lipinski definition) is 0. The molecule has 0 saturated heterocycles. The summed E-state index contributed by atoms with van der Waals surface area (Å²) in [4.78, 5) is 0. The number of rotatable bonds is 5. The zero-order valence-electron chi connectivity index (χ0n) is 8.50. The van der Waals surface area contributed by atoms with Crippen LogP contribution in [0.1, 0.15) is 25.0 Å². The maximum Gasteiger partial charge on any atom is 0.147 e. The van der Waals surface area contributed by atoms with Crippen LogP contribution in [0, 0.1) is 5.82 Å². The molecule has 0 unspecified atom stereocenters. The summed E-state index contributed by atoms with van der Waals surface area (Å²) in [5, 5.41) is 0. The van der Waals surface area contributed by atoms with Crippen LogP contribution in [-0.2, 0) is 9.47 Å². The quantitative estimate of drug-likeness (QED) is 0.677. The van der Waals surface area contributed by atoms with Gasteiger partial charge < -0.3 is 9.47 Å². The van der Waals surface area contributed by atoms with E-state index in [1.54, 1.807) is 25.3 Å². The molecule has 0 aliphatic heterocycles. The Morgan fingerprint density at radius 3 is 2.64 bits per heavy atom. The molecule has 3 heteroatoms. The van der Waals surface area contributed by atoms with E-state index < -0.39 is 0 Å². The molecule has 0 heterocycles. The van der Waals surface area contributed by atoms with Crippen molar-refractivity contribution >= 4 is 0 Å². The van der Waals surface area contributed by atoms with Gasteiger partial charge in [0.15, 0.2) is 0 Å². The first-order valence-electron chi connectivity index (χ1n) is 4.64. The molecule has 0 amide bonds. The lowest BCUT2D eigenvalue weighted by Crippen LogP contribution is -2.07. The molecule has 0 fully saturated rings. The Hall–Kier alpha value is -0.930. The third kappa shape index (κ3) is 2.79. The Bertz CT molecular complexity index is 276. The van der Waals surface area contributed by atoms with E-state index >= 15 is 0 Å². The average molecular weight is 198 g/mol. The van der Waals surface area contributed by atoms with Gasteiger partial charge in [-0.15, -0.1) is 0 Å². The second-order valence-corrected chi connectivity index (χ2v) is 2.99. The Kier molecular flexibility index (Phi) is 4.56. The Morgan fingerprint density at radius 2 is 2.07 bits per heavy atom. The number of benzene rings is 1. The predicted molar refractivity (Wildman–Crippen MR) is 52.4 cm³/mol. The Labute approximate surface area is 83.6 Å². The molecule has 2 nitrogen and oxygen atoms in total. The summed E-state index contributed by atoms with van der Waals surface area (Å²) < 4.78 is 23.5. The fraction of sp³-hybridized carbons (Fsp3) is 0.455. The molecule has 0 bridgehead atoms. The van der Waals surface area contributed by atoms with Crippen LogP contribution >= 0.6 is 0 Å². The van der Waals surface area contributed by atoms with Gasteiger partial charge in [0.2, 0.25) is 0 Å². The zero-order valence-corrected chi connectivity index (χ0v) is 8.50. The van der Waals surface area contributed by atoms with Crippen molar-refractivity contribution in [2.75, 3.05) is 13.9 Å². The third-order valence-corrected chi connectivity index (χ3v) is 2.01. The zero-order chi connectivity index (χ0) is 10.4. The highest BCUT2D eigenvalue weighted by Gasteiger charge is 2.13.